The van der Waals surface area contributed by atoms with E-state index >= 15 is 0 Å². The zero-order chi connectivity index (χ0) is 44.9. The largest absolute Gasteiger partial charge is 0.480 e. The number of aliphatic hydroxyl groups is 1. The molecule has 0 fully saturated rings. The van der Waals surface area contributed by atoms with Gasteiger partial charge in [-0.1, -0.05) is 204 Å². The number of phosphoric ester groups is 1. The van der Waals surface area contributed by atoms with Crippen molar-refractivity contribution < 1.29 is 47.8 Å². The van der Waals surface area contributed by atoms with Crippen LogP contribution in [0.2, 0.25) is 0 Å². The Balaban J connectivity index is 3.81. The summed E-state index contributed by atoms with van der Waals surface area (Å²) in [5.41, 5.74) is 0. The summed E-state index contributed by atoms with van der Waals surface area (Å²) in [7, 11) is -4.76. The first-order valence-corrected chi connectivity index (χ1v) is 26.0. The van der Waals surface area contributed by atoms with E-state index in [1.807, 2.05) is 0 Å². The molecule has 11 nitrogen and oxygen atoms in total. The quantitative estimate of drug-likeness (QED) is 0.0200. The first-order chi connectivity index (χ1) is 29.6. The lowest BCUT2D eigenvalue weighted by molar-refractivity contribution is -0.147. The monoisotopic (exact) mass is 884 g/mol. The average molecular weight is 884 g/mol. The van der Waals surface area contributed by atoms with Gasteiger partial charge in [-0.2, -0.15) is 0 Å². The number of ether oxygens (including phenoxy) is 1. The van der Waals surface area contributed by atoms with E-state index in [0.717, 1.165) is 57.8 Å². The van der Waals surface area contributed by atoms with Gasteiger partial charge in [0, 0.05) is 12.8 Å². The fraction of sp³-hybridized carbons (Fsp3) is 0.816. The molecule has 3 atom stereocenters. The minimum Gasteiger partial charge on any atom is -0.480 e. The molecule has 0 saturated carbocycles. The number of hydrogen-bond donors (Lipinski definition) is 4. The fourth-order valence-corrected chi connectivity index (χ4v) is 7.69. The van der Waals surface area contributed by atoms with Crippen LogP contribution in [0.4, 0.5) is 0 Å². The number of rotatable bonds is 46. The number of aliphatic hydroxyl groups excluding tert-OH is 1. The van der Waals surface area contributed by atoms with Crippen LogP contribution in [0.3, 0.4) is 0 Å². The van der Waals surface area contributed by atoms with E-state index < -0.39 is 57.6 Å². The van der Waals surface area contributed by atoms with Crippen LogP contribution in [0.5, 0.6) is 0 Å². The van der Waals surface area contributed by atoms with Gasteiger partial charge < -0.3 is 25.2 Å². The summed E-state index contributed by atoms with van der Waals surface area (Å²) in [4.78, 5) is 46.0. The molecule has 0 aliphatic heterocycles. The van der Waals surface area contributed by atoms with Gasteiger partial charge >= 0.3 is 19.8 Å². The Bertz CT molecular complexity index is 1180. The number of carbonyl (C=O) groups excluding carboxylic acids is 2. The van der Waals surface area contributed by atoms with Crippen LogP contribution in [0.25, 0.3) is 0 Å². The Morgan fingerprint density at radius 1 is 0.541 bits per heavy atom. The molecule has 356 valence electrons. The summed E-state index contributed by atoms with van der Waals surface area (Å²) in [6.45, 7) is 2.47. The lowest BCUT2D eigenvalue weighted by Crippen LogP contribution is -2.43. The van der Waals surface area contributed by atoms with Crippen molar-refractivity contribution in [3.63, 3.8) is 0 Å². The second-order valence-corrected chi connectivity index (χ2v) is 18.1. The molecule has 0 aliphatic rings. The summed E-state index contributed by atoms with van der Waals surface area (Å²) in [5.74, 6) is -2.39. The molecule has 12 heteroatoms. The van der Waals surface area contributed by atoms with Gasteiger partial charge in [0.05, 0.1) is 13.2 Å². The maximum atomic E-state index is 12.4. The maximum Gasteiger partial charge on any atom is 0.472 e. The maximum absolute atomic E-state index is 12.4. The van der Waals surface area contributed by atoms with E-state index in [9.17, 15) is 34.1 Å². The number of nitrogens with one attached hydrogen (secondary N) is 1. The van der Waals surface area contributed by atoms with Gasteiger partial charge in [-0.3, -0.25) is 18.6 Å². The predicted molar refractivity (Wildman–Crippen MR) is 249 cm³/mol. The highest BCUT2D eigenvalue weighted by atomic mass is 31.2. The lowest BCUT2D eigenvalue weighted by atomic mass is 10.0. The average Bonchev–Trinajstić information content (AvgIpc) is 3.24. The molecule has 0 bridgehead atoms. The molecule has 0 saturated heterocycles. The van der Waals surface area contributed by atoms with Crippen LogP contribution in [0.15, 0.2) is 36.5 Å². The molecule has 0 radical (unpaired) electrons. The molecule has 61 heavy (non-hydrogen) atoms. The number of carboxylic acid groups (broad SMARTS) is 1. The van der Waals surface area contributed by atoms with Crippen LogP contribution < -0.4 is 5.32 Å². The molecular formula is C49H90NO10P. The highest BCUT2D eigenvalue weighted by Gasteiger charge is 2.28. The van der Waals surface area contributed by atoms with Crippen LogP contribution in [0, 0.1) is 0 Å². The third-order valence-electron chi connectivity index (χ3n) is 10.7. The minimum absolute atomic E-state index is 0.147. The summed E-state index contributed by atoms with van der Waals surface area (Å²) in [6, 6.07) is -1.55. The van der Waals surface area contributed by atoms with Crippen molar-refractivity contribution in [2.24, 2.45) is 0 Å². The molecule has 0 aromatic heterocycles. The van der Waals surface area contributed by atoms with Gasteiger partial charge in [0.1, 0.15) is 12.7 Å². The highest BCUT2D eigenvalue weighted by molar-refractivity contribution is 7.47. The standard InChI is InChI=1S/C49H90NO10P/c1-3-5-7-9-11-13-15-17-18-19-20-21-22-23-24-25-26-27-29-30-32-34-36-38-40-47(52)50-46(49(54)55)44-60-61(56,57)59-43-45(51)42-58-48(53)41-39-37-35-33-31-28-16-14-12-10-8-6-4-2/h6,8,12,14,28,31,45-46,51H,3-5,7,9-11,13,15-27,29-30,32-44H2,1-2H3,(H,50,52)(H,54,55)(H,56,57)/b8-6-,14-12-,31-28-. The number of amides is 1. The van der Waals surface area contributed by atoms with Crippen LogP contribution >= 0.6 is 7.82 Å². The predicted octanol–water partition coefficient (Wildman–Crippen LogP) is 13.2. The Labute approximate surface area is 371 Å². The van der Waals surface area contributed by atoms with Gasteiger partial charge in [-0.15, -0.1) is 0 Å². The second-order valence-electron chi connectivity index (χ2n) is 16.6. The third kappa shape index (κ3) is 44.1. The van der Waals surface area contributed by atoms with Crippen LogP contribution in [0.1, 0.15) is 226 Å². The smallest absolute Gasteiger partial charge is 0.472 e. The highest BCUT2D eigenvalue weighted by Crippen LogP contribution is 2.43. The molecule has 0 spiro atoms. The molecular weight excluding hydrogens is 794 g/mol. The number of carboxylic acids is 1. The van der Waals surface area contributed by atoms with E-state index in [1.165, 1.54) is 128 Å². The zero-order valence-electron chi connectivity index (χ0n) is 38.7. The second kappa shape index (κ2) is 44.3. The van der Waals surface area contributed by atoms with Gasteiger partial charge in [0.15, 0.2) is 6.04 Å². The SMILES string of the molecule is CC/C=C\C/C=C\C/C=C\CCCCCC(=O)OCC(O)COP(=O)(O)OCC(NC(=O)CCCCCCCCCCCCCCCCCCCCCCCCCC)C(=O)O. The van der Waals surface area contributed by atoms with Crippen molar-refractivity contribution in [3.8, 4) is 0 Å². The summed E-state index contributed by atoms with van der Waals surface area (Å²) < 4.78 is 26.8. The number of carbonyl (C=O) groups is 3. The third-order valence-corrected chi connectivity index (χ3v) is 11.6. The molecule has 1 amide bonds. The first kappa shape index (κ1) is 58.7. The number of allylic oxidation sites excluding steroid dienone is 6. The number of phosphoric acid groups is 1. The summed E-state index contributed by atoms with van der Waals surface area (Å²) >= 11 is 0. The van der Waals surface area contributed by atoms with Crippen molar-refractivity contribution in [2.45, 2.75) is 238 Å². The van der Waals surface area contributed by atoms with Gasteiger partial charge in [0.2, 0.25) is 5.91 Å². The molecule has 0 aliphatic carbocycles. The minimum atomic E-state index is -4.76. The van der Waals surface area contributed by atoms with Crippen molar-refractivity contribution in [1.82, 2.24) is 5.32 Å². The summed E-state index contributed by atoms with van der Waals surface area (Å²) in [5, 5.41) is 21.9. The van der Waals surface area contributed by atoms with Crippen LogP contribution in [-0.4, -0.2) is 64.9 Å². The van der Waals surface area contributed by atoms with Gasteiger partial charge in [0.25, 0.3) is 0 Å². The molecule has 0 rings (SSSR count). The Kier molecular flexibility index (Phi) is 42.6. The molecule has 3 unspecified atom stereocenters. The Hall–Kier alpha value is -2.30. The van der Waals surface area contributed by atoms with E-state index in [4.69, 9.17) is 13.8 Å². The van der Waals surface area contributed by atoms with E-state index in [2.05, 4.69) is 55.6 Å². The number of esters is 1. The molecule has 0 aromatic rings. The van der Waals surface area contributed by atoms with Crippen molar-refractivity contribution >= 4 is 25.7 Å². The summed E-state index contributed by atoms with van der Waals surface area (Å²) in [6.07, 6.45) is 49.0. The lowest BCUT2D eigenvalue weighted by Gasteiger charge is -2.18. The van der Waals surface area contributed by atoms with E-state index in [-0.39, 0.29) is 12.8 Å². The topological polar surface area (TPSA) is 169 Å². The number of aliphatic carboxylic acids is 1. The van der Waals surface area contributed by atoms with E-state index in [0.29, 0.717) is 12.8 Å². The van der Waals surface area contributed by atoms with Gasteiger partial charge in [-0.05, 0) is 44.9 Å². The Morgan fingerprint density at radius 2 is 0.951 bits per heavy atom. The zero-order valence-corrected chi connectivity index (χ0v) is 39.6. The van der Waals surface area contributed by atoms with Crippen molar-refractivity contribution in [2.75, 3.05) is 19.8 Å². The van der Waals surface area contributed by atoms with E-state index in [1.54, 1.807) is 0 Å². The molecule has 4 N–H and O–H groups in total. The van der Waals surface area contributed by atoms with Crippen LogP contribution in [-0.2, 0) is 32.7 Å². The van der Waals surface area contributed by atoms with Crippen molar-refractivity contribution in [3.05, 3.63) is 36.5 Å². The number of unbranched alkanes of at least 4 members (excludes halogenated alkanes) is 26. The molecule has 0 heterocycles. The fourth-order valence-electron chi connectivity index (χ4n) is 6.92. The molecule has 0 aromatic carbocycles. The normalized spacial score (nSPS) is 13.9. The number of hydrogen-bond acceptors (Lipinski definition) is 8. The van der Waals surface area contributed by atoms with Crippen molar-refractivity contribution in [1.29, 1.82) is 0 Å². The van der Waals surface area contributed by atoms with Gasteiger partial charge in [-0.25, -0.2) is 9.36 Å². The first-order valence-electron chi connectivity index (χ1n) is 24.5. The Morgan fingerprint density at radius 3 is 1.43 bits per heavy atom.